The van der Waals surface area contributed by atoms with Crippen molar-refractivity contribution in [2.45, 2.75) is 58.5 Å². The summed E-state index contributed by atoms with van der Waals surface area (Å²) in [5.74, 6) is 1.00. The van der Waals surface area contributed by atoms with Crippen LogP contribution in [0.25, 0.3) is 0 Å². The average molecular weight is 270 g/mol. The molecule has 1 rings (SSSR count). The fraction of sp³-hybridized carbons (Fsp3) is 0.933. The van der Waals surface area contributed by atoms with E-state index in [1.807, 2.05) is 6.92 Å². The molecule has 1 aliphatic rings. The quantitative estimate of drug-likeness (QED) is 0.775. The number of methoxy groups -OCH3 is 1. The monoisotopic (exact) mass is 270 g/mol. The predicted octanol–water partition coefficient (Wildman–Crippen LogP) is 1.93. The molecule has 0 heterocycles. The third-order valence-electron chi connectivity index (χ3n) is 4.35. The zero-order chi connectivity index (χ0) is 14.4. The van der Waals surface area contributed by atoms with Crippen LogP contribution in [-0.2, 0) is 9.53 Å². The van der Waals surface area contributed by atoms with Crippen molar-refractivity contribution in [2.75, 3.05) is 13.7 Å². The Labute approximate surface area is 117 Å². The lowest BCUT2D eigenvalue weighted by molar-refractivity contribution is -0.128. The van der Waals surface area contributed by atoms with Gasteiger partial charge in [-0.1, -0.05) is 27.2 Å². The maximum Gasteiger partial charge on any atom is 0.223 e. The molecule has 112 valence electrons. The normalized spacial score (nSPS) is 27.1. The number of nitrogens with two attached hydrogens (primary N) is 1. The van der Waals surface area contributed by atoms with Gasteiger partial charge in [0.05, 0.1) is 12.6 Å². The van der Waals surface area contributed by atoms with E-state index >= 15 is 0 Å². The Hall–Kier alpha value is -0.610. The minimum atomic E-state index is 0.0458. The van der Waals surface area contributed by atoms with E-state index in [2.05, 4.69) is 19.2 Å². The molecule has 4 heteroatoms. The Kier molecular flexibility index (Phi) is 6.80. The second-order valence-electron chi connectivity index (χ2n) is 6.29. The molecule has 0 spiro atoms. The first kappa shape index (κ1) is 16.4. The summed E-state index contributed by atoms with van der Waals surface area (Å²) in [5.41, 5.74) is 6.01. The molecule has 4 atom stereocenters. The lowest BCUT2D eigenvalue weighted by atomic mass is 9.78. The first-order chi connectivity index (χ1) is 8.95. The summed E-state index contributed by atoms with van der Waals surface area (Å²) in [4.78, 5) is 12.3. The van der Waals surface area contributed by atoms with Crippen LogP contribution in [0.15, 0.2) is 0 Å². The van der Waals surface area contributed by atoms with Gasteiger partial charge < -0.3 is 15.8 Å². The molecule has 0 radical (unpaired) electrons. The maximum atomic E-state index is 12.3. The van der Waals surface area contributed by atoms with Crippen molar-refractivity contribution < 1.29 is 9.53 Å². The van der Waals surface area contributed by atoms with Crippen molar-refractivity contribution in [1.82, 2.24) is 5.32 Å². The molecule has 1 aliphatic carbocycles. The van der Waals surface area contributed by atoms with Crippen molar-refractivity contribution in [1.29, 1.82) is 0 Å². The van der Waals surface area contributed by atoms with Gasteiger partial charge in [0, 0.05) is 19.1 Å². The Morgan fingerprint density at radius 3 is 2.58 bits per heavy atom. The summed E-state index contributed by atoms with van der Waals surface area (Å²) in [6.45, 7) is 6.80. The summed E-state index contributed by atoms with van der Waals surface area (Å²) < 4.78 is 5.17. The topological polar surface area (TPSA) is 64.3 Å². The van der Waals surface area contributed by atoms with Crippen molar-refractivity contribution in [3.63, 3.8) is 0 Å². The highest BCUT2D eigenvalue weighted by atomic mass is 16.5. The number of rotatable bonds is 6. The molecule has 19 heavy (non-hydrogen) atoms. The number of nitrogens with one attached hydrogen (secondary N) is 1. The maximum absolute atomic E-state index is 12.3. The van der Waals surface area contributed by atoms with Crippen LogP contribution in [0.4, 0.5) is 0 Å². The van der Waals surface area contributed by atoms with Crippen molar-refractivity contribution in [3.05, 3.63) is 0 Å². The molecular formula is C15H30N2O2. The zero-order valence-corrected chi connectivity index (χ0v) is 12.8. The molecular weight excluding hydrogens is 240 g/mol. The van der Waals surface area contributed by atoms with Crippen molar-refractivity contribution in [3.8, 4) is 0 Å². The zero-order valence-electron chi connectivity index (χ0n) is 12.8. The van der Waals surface area contributed by atoms with E-state index in [9.17, 15) is 4.79 Å². The molecule has 3 N–H and O–H groups in total. The molecule has 4 unspecified atom stereocenters. The van der Waals surface area contributed by atoms with Gasteiger partial charge in [0.2, 0.25) is 5.91 Å². The number of carbonyl (C=O) groups is 1. The largest absolute Gasteiger partial charge is 0.383 e. The van der Waals surface area contributed by atoms with Gasteiger partial charge >= 0.3 is 0 Å². The smallest absolute Gasteiger partial charge is 0.223 e. The summed E-state index contributed by atoms with van der Waals surface area (Å²) in [6, 6.07) is 0.367. The fourth-order valence-corrected chi connectivity index (χ4v) is 2.83. The highest BCUT2D eigenvalue weighted by Gasteiger charge is 2.29. The van der Waals surface area contributed by atoms with Gasteiger partial charge in [0.1, 0.15) is 0 Å². The highest BCUT2D eigenvalue weighted by Crippen LogP contribution is 2.29. The fourth-order valence-electron chi connectivity index (χ4n) is 2.83. The third-order valence-corrected chi connectivity index (χ3v) is 4.35. The van der Waals surface area contributed by atoms with Crippen LogP contribution in [0.1, 0.15) is 46.5 Å². The Bertz CT molecular complexity index is 281. The molecule has 0 saturated heterocycles. The van der Waals surface area contributed by atoms with Gasteiger partial charge in [0.15, 0.2) is 0 Å². The highest BCUT2D eigenvalue weighted by molar-refractivity contribution is 5.79. The number of hydrogen-bond acceptors (Lipinski definition) is 3. The van der Waals surface area contributed by atoms with Crippen molar-refractivity contribution in [2.24, 2.45) is 23.5 Å². The van der Waals surface area contributed by atoms with Crippen LogP contribution in [0, 0.1) is 17.8 Å². The Balaban J connectivity index is 2.50. The van der Waals surface area contributed by atoms with Gasteiger partial charge in [-0.25, -0.2) is 0 Å². The van der Waals surface area contributed by atoms with Crippen molar-refractivity contribution >= 4 is 5.91 Å². The molecule has 0 aromatic carbocycles. The molecule has 0 aromatic rings. The Morgan fingerprint density at radius 2 is 2.05 bits per heavy atom. The lowest BCUT2D eigenvalue weighted by Crippen LogP contribution is -2.46. The first-order valence-corrected chi connectivity index (χ1v) is 7.50. The van der Waals surface area contributed by atoms with E-state index in [0.29, 0.717) is 18.4 Å². The van der Waals surface area contributed by atoms with Gasteiger partial charge in [-0.15, -0.1) is 0 Å². The van der Waals surface area contributed by atoms with Crippen LogP contribution >= 0.6 is 0 Å². The second kappa shape index (κ2) is 7.85. The van der Waals surface area contributed by atoms with E-state index in [-0.39, 0.29) is 23.9 Å². The standard InChI is InChI=1S/C15H30N2O2/c1-10(2)14(9-19-4)17-15(18)11(3)12-6-5-7-13(16)8-12/h10-14H,5-9,16H2,1-4H3,(H,17,18). The minimum absolute atomic E-state index is 0.0458. The van der Waals surface area contributed by atoms with Gasteiger partial charge in [-0.2, -0.15) is 0 Å². The van der Waals surface area contributed by atoms with E-state index in [4.69, 9.17) is 10.5 Å². The van der Waals surface area contributed by atoms with E-state index in [0.717, 1.165) is 25.7 Å². The van der Waals surface area contributed by atoms with Gasteiger partial charge in [-0.05, 0) is 31.1 Å². The van der Waals surface area contributed by atoms with Gasteiger partial charge in [-0.3, -0.25) is 4.79 Å². The molecule has 1 amide bonds. The number of carbonyl (C=O) groups excluding carboxylic acids is 1. The van der Waals surface area contributed by atoms with Crippen LogP contribution in [-0.4, -0.2) is 31.7 Å². The van der Waals surface area contributed by atoms with Crippen LogP contribution in [0.3, 0.4) is 0 Å². The van der Waals surface area contributed by atoms with Crippen LogP contribution in [0.2, 0.25) is 0 Å². The molecule has 0 bridgehead atoms. The second-order valence-corrected chi connectivity index (χ2v) is 6.29. The summed E-state index contributed by atoms with van der Waals surface area (Å²) in [7, 11) is 1.67. The van der Waals surface area contributed by atoms with Gasteiger partial charge in [0.25, 0.3) is 0 Å². The summed E-state index contributed by atoms with van der Waals surface area (Å²) >= 11 is 0. The van der Waals surface area contributed by atoms with Crippen LogP contribution in [0.5, 0.6) is 0 Å². The molecule has 1 saturated carbocycles. The first-order valence-electron chi connectivity index (χ1n) is 7.50. The van der Waals surface area contributed by atoms with E-state index in [1.165, 1.54) is 0 Å². The lowest BCUT2D eigenvalue weighted by Gasteiger charge is -2.32. The molecule has 1 fully saturated rings. The average Bonchev–Trinajstić information content (AvgIpc) is 2.37. The number of hydrogen-bond donors (Lipinski definition) is 2. The minimum Gasteiger partial charge on any atom is -0.383 e. The molecule has 4 nitrogen and oxygen atoms in total. The molecule has 0 aromatic heterocycles. The SMILES string of the molecule is COCC(NC(=O)C(C)C1CCCC(N)C1)C(C)C. The summed E-state index contributed by atoms with van der Waals surface area (Å²) in [6.07, 6.45) is 4.35. The Morgan fingerprint density at radius 1 is 1.37 bits per heavy atom. The third kappa shape index (κ3) is 5.11. The predicted molar refractivity (Wildman–Crippen MR) is 77.7 cm³/mol. The van der Waals surface area contributed by atoms with Crippen LogP contribution < -0.4 is 11.1 Å². The summed E-state index contributed by atoms with van der Waals surface area (Å²) in [5, 5.41) is 3.12. The number of amides is 1. The van der Waals surface area contributed by atoms with E-state index in [1.54, 1.807) is 7.11 Å². The van der Waals surface area contributed by atoms with E-state index < -0.39 is 0 Å². The molecule has 0 aliphatic heterocycles. The number of ether oxygens (including phenoxy) is 1.